The number of rotatable bonds is 4. The molecule has 34 heavy (non-hydrogen) atoms. The number of aromatic nitrogens is 3. The Morgan fingerprint density at radius 3 is 2.85 bits per heavy atom. The van der Waals surface area contributed by atoms with Crippen molar-refractivity contribution in [3.05, 3.63) is 51.4 Å². The summed E-state index contributed by atoms with van der Waals surface area (Å²) in [7, 11) is 4.31. The van der Waals surface area contributed by atoms with Crippen LogP contribution in [0.1, 0.15) is 24.1 Å². The van der Waals surface area contributed by atoms with Crippen molar-refractivity contribution in [2.75, 3.05) is 42.7 Å². The maximum Gasteiger partial charge on any atom is 0.227 e. The summed E-state index contributed by atoms with van der Waals surface area (Å²) in [6.07, 6.45) is 4.92. The number of thiocarbonyl (C=S) groups is 1. The quantitative estimate of drug-likeness (QED) is 0.327. The first kappa shape index (κ1) is 23.4. The molecule has 2 N–H and O–H groups in total. The van der Waals surface area contributed by atoms with E-state index in [1.807, 2.05) is 13.1 Å². The van der Waals surface area contributed by atoms with E-state index in [9.17, 15) is 0 Å². The van der Waals surface area contributed by atoms with Gasteiger partial charge in [-0.3, -0.25) is 0 Å². The molecule has 2 aromatic heterocycles. The third kappa shape index (κ3) is 4.87. The van der Waals surface area contributed by atoms with Crippen molar-refractivity contribution in [3.63, 3.8) is 0 Å². The Kier molecular flexibility index (Phi) is 6.67. The van der Waals surface area contributed by atoms with Crippen LogP contribution in [0.3, 0.4) is 0 Å². The molecule has 0 amide bonds. The highest BCUT2D eigenvalue weighted by Crippen LogP contribution is 2.34. The molecule has 9 heteroatoms. The zero-order valence-electron chi connectivity index (χ0n) is 19.6. The van der Waals surface area contributed by atoms with Gasteiger partial charge in [0.05, 0.1) is 22.1 Å². The fraction of sp³-hybridized carbons (Fsp3) is 0.360. The van der Waals surface area contributed by atoms with Gasteiger partial charge in [-0.25, -0.2) is 15.0 Å². The Morgan fingerprint density at radius 2 is 2.06 bits per heavy atom. The third-order valence-corrected chi connectivity index (χ3v) is 7.41. The normalized spacial score (nSPS) is 17.6. The van der Waals surface area contributed by atoms with Crippen LogP contribution in [0.25, 0.3) is 11.3 Å². The molecular formula is C25H28IN7S. The lowest BCUT2D eigenvalue weighted by Gasteiger charge is -2.37. The Labute approximate surface area is 219 Å². The summed E-state index contributed by atoms with van der Waals surface area (Å²) >= 11 is 7.84. The smallest absolute Gasteiger partial charge is 0.227 e. The van der Waals surface area contributed by atoms with E-state index >= 15 is 0 Å². The molecule has 1 atom stereocenters. The van der Waals surface area contributed by atoms with Crippen LogP contribution in [0.15, 0.2) is 36.5 Å². The molecule has 2 aliphatic heterocycles. The fourth-order valence-corrected chi connectivity index (χ4v) is 5.34. The topological polar surface area (TPSA) is 69.2 Å². The average Bonchev–Trinajstić information content (AvgIpc) is 2.95. The van der Waals surface area contributed by atoms with E-state index in [-0.39, 0.29) is 0 Å². The van der Waals surface area contributed by atoms with Crippen LogP contribution in [0, 0.1) is 10.5 Å². The van der Waals surface area contributed by atoms with Gasteiger partial charge >= 0.3 is 0 Å². The minimum Gasteiger partial charge on any atom is -0.355 e. The molecule has 7 nitrogen and oxygen atoms in total. The second-order valence-electron chi connectivity index (χ2n) is 9.12. The monoisotopic (exact) mass is 585 g/mol. The lowest BCUT2D eigenvalue weighted by molar-refractivity contribution is 0.257. The zero-order chi connectivity index (χ0) is 23.8. The molecule has 0 spiro atoms. The minimum atomic E-state index is 0.555. The van der Waals surface area contributed by atoms with E-state index in [0.29, 0.717) is 18.4 Å². The van der Waals surface area contributed by atoms with E-state index in [1.165, 1.54) is 12.8 Å². The van der Waals surface area contributed by atoms with Gasteiger partial charge in [0.15, 0.2) is 0 Å². The van der Waals surface area contributed by atoms with Crippen molar-refractivity contribution < 1.29 is 0 Å². The zero-order valence-corrected chi connectivity index (χ0v) is 22.6. The van der Waals surface area contributed by atoms with E-state index in [4.69, 9.17) is 22.2 Å². The number of pyridine rings is 1. The van der Waals surface area contributed by atoms with E-state index in [1.54, 1.807) is 0 Å². The number of fused-ring (bicyclic) bond motifs is 3. The highest BCUT2D eigenvalue weighted by Gasteiger charge is 2.23. The molecule has 0 aliphatic carbocycles. The van der Waals surface area contributed by atoms with Crippen molar-refractivity contribution in [1.82, 2.24) is 19.9 Å². The van der Waals surface area contributed by atoms with Gasteiger partial charge in [0, 0.05) is 52.1 Å². The van der Waals surface area contributed by atoms with Crippen LogP contribution in [-0.2, 0) is 6.42 Å². The Bertz CT molecular complexity index is 1250. The summed E-state index contributed by atoms with van der Waals surface area (Å²) in [5.41, 5.74) is 5.79. The number of likely N-dealkylation sites (N-methyl/N-ethyl adjacent to an activating group) is 1. The van der Waals surface area contributed by atoms with E-state index in [2.05, 4.69) is 92.4 Å². The third-order valence-electron chi connectivity index (χ3n) is 6.49. The summed E-state index contributed by atoms with van der Waals surface area (Å²) in [5, 5.41) is 6.74. The highest BCUT2D eigenvalue weighted by atomic mass is 127. The number of piperidine rings is 1. The van der Waals surface area contributed by atoms with Crippen LogP contribution < -0.4 is 15.5 Å². The summed E-state index contributed by atoms with van der Waals surface area (Å²) < 4.78 is 1.15. The molecule has 4 heterocycles. The second-order valence-corrected chi connectivity index (χ2v) is 10.9. The molecule has 1 fully saturated rings. The van der Waals surface area contributed by atoms with Gasteiger partial charge in [0.2, 0.25) is 5.95 Å². The van der Waals surface area contributed by atoms with Crippen LogP contribution >= 0.6 is 34.8 Å². The summed E-state index contributed by atoms with van der Waals surface area (Å²) in [5.74, 6) is 1.58. The number of hydrogen-bond acceptors (Lipinski definition) is 7. The van der Waals surface area contributed by atoms with Gasteiger partial charge in [0.25, 0.3) is 0 Å². The van der Waals surface area contributed by atoms with Crippen molar-refractivity contribution in [1.29, 1.82) is 0 Å². The lowest BCUT2D eigenvalue weighted by Crippen LogP contribution is -2.45. The van der Waals surface area contributed by atoms with E-state index < -0.39 is 0 Å². The van der Waals surface area contributed by atoms with Gasteiger partial charge in [0.1, 0.15) is 5.82 Å². The molecule has 2 aliphatic rings. The number of aryl methyl sites for hydroxylation is 1. The molecule has 1 unspecified atom stereocenters. The van der Waals surface area contributed by atoms with Crippen LogP contribution in [0.4, 0.5) is 23.1 Å². The fourth-order valence-electron chi connectivity index (χ4n) is 4.58. The lowest BCUT2D eigenvalue weighted by atomic mass is 10.0. The molecular weight excluding hydrogens is 557 g/mol. The Morgan fingerprint density at radius 1 is 1.21 bits per heavy atom. The standard InChI is InChI=1S/C25H28IN7S/c1-15-20(8-9-22(28-15)33-10-4-5-18(14-33)32(2)3)30-25-27-13-16-11-23(34)29-21-12-17(26)6-7-19(21)24(16)31-25/h6-9,12-13,18H,4-5,10-11,14H2,1-3H3,(H,29,34)(H,27,30,31). The number of anilines is 4. The first-order valence-corrected chi connectivity index (χ1v) is 13.0. The van der Waals surface area contributed by atoms with Crippen molar-refractivity contribution in [3.8, 4) is 11.3 Å². The first-order chi connectivity index (χ1) is 16.4. The number of halogens is 1. The summed E-state index contributed by atoms with van der Waals surface area (Å²) in [4.78, 5) is 19.8. The van der Waals surface area contributed by atoms with Crippen LogP contribution in [0.5, 0.6) is 0 Å². The van der Waals surface area contributed by atoms with Gasteiger partial charge in [-0.1, -0.05) is 12.2 Å². The summed E-state index contributed by atoms with van der Waals surface area (Å²) in [6, 6.07) is 11.0. The number of benzene rings is 1. The molecule has 0 radical (unpaired) electrons. The van der Waals surface area contributed by atoms with Gasteiger partial charge < -0.3 is 20.4 Å². The van der Waals surface area contributed by atoms with Crippen molar-refractivity contribution in [2.45, 2.75) is 32.2 Å². The molecule has 0 bridgehead atoms. The van der Waals surface area contributed by atoms with Gasteiger partial charge in [-0.2, -0.15) is 0 Å². The Balaban J connectivity index is 1.41. The first-order valence-electron chi connectivity index (χ1n) is 11.5. The second kappa shape index (κ2) is 9.71. The van der Waals surface area contributed by atoms with Crippen molar-refractivity contribution >= 4 is 62.9 Å². The summed E-state index contributed by atoms with van der Waals surface area (Å²) in [6.45, 7) is 4.09. The molecule has 1 aromatic carbocycles. The molecule has 0 saturated carbocycles. The van der Waals surface area contributed by atoms with Crippen molar-refractivity contribution in [2.24, 2.45) is 0 Å². The minimum absolute atomic E-state index is 0.555. The van der Waals surface area contributed by atoms with Gasteiger partial charge in [-0.15, -0.1) is 0 Å². The average molecular weight is 586 g/mol. The largest absolute Gasteiger partial charge is 0.355 e. The maximum absolute atomic E-state index is 5.53. The molecule has 5 rings (SSSR count). The number of nitrogens with zero attached hydrogens (tertiary/aromatic N) is 5. The number of hydrogen-bond donors (Lipinski definition) is 2. The Hall–Kier alpha value is -2.37. The van der Waals surface area contributed by atoms with Crippen LogP contribution in [0.2, 0.25) is 0 Å². The predicted molar refractivity (Wildman–Crippen MR) is 151 cm³/mol. The molecule has 1 saturated heterocycles. The number of nitrogens with one attached hydrogen (secondary N) is 2. The SMILES string of the molecule is Cc1nc(N2CCCC(N(C)C)C2)ccc1Nc1ncc2c(n1)-c1ccc(I)cc1NC(=S)C2. The van der Waals surface area contributed by atoms with E-state index in [0.717, 1.165) is 61.4 Å². The van der Waals surface area contributed by atoms with Gasteiger partial charge in [-0.05, 0) is 86.8 Å². The predicted octanol–water partition coefficient (Wildman–Crippen LogP) is 5.02. The maximum atomic E-state index is 5.53. The molecule has 3 aromatic rings. The molecule has 176 valence electrons. The highest BCUT2D eigenvalue weighted by molar-refractivity contribution is 14.1. The van der Waals surface area contributed by atoms with Crippen LogP contribution in [-0.4, -0.2) is 58.1 Å².